The van der Waals surface area contributed by atoms with Gasteiger partial charge in [-0.3, -0.25) is 0 Å². The van der Waals surface area contributed by atoms with Gasteiger partial charge in [0, 0.05) is 28.0 Å². The molecule has 0 saturated heterocycles. The summed E-state index contributed by atoms with van der Waals surface area (Å²) in [5, 5.41) is 7.09. The van der Waals surface area contributed by atoms with Gasteiger partial charge in [-0.05, 0) is 67.5 Å². The molecule has 2 rings (SSSR count). The van der Waals surface area contributed by atoms with Crippen LogP contribution in [-0.4, -0.2) is 22.6 Å². The van der Waals surface area contributed by atoms with Crippen LogP contribution in [0.3, 0.4) is 0 Å². The Morgan fingerprint density at radius 1 is 0.645 bits per heavy atom. The fraction of sp³-hybridized carbons (Fsp3) is 0.500. The number of hydrogen-bond acceptors (Lipinski definition) is 0. The average molecular weight is 580 g/mol. The molecular weight excluding hydrogens is 544 g/mol. The topological polar surface area (TPSA) is 14.1 Å². The molecule has 0 spiro atoms. The Balaban J connectivity index is 0.00000233. The predicted molar refractivity (Wildman–Crippen MR) is 138 cm³/mol. The standard InChI is InChI=1S/C24H34F2NP2.ClH.Pd/c1-15(2)28(16(3)4)23-13-19(25)9-11-21(23)27-22-12-10-20(26)14-24(22)29(17(5)6)18(7)8;;/h9-18H,1-8H3;1H;/q-1;;+2/p+1. The minimum atomic E-state index is -1.000. The van der Waals surface area contributed by atoms with Crippen molar-refractivity contribution >= 4 is 47.4 Å². The molecule has 0 radical (unpaired) electrons. The summed E-state index contributed by atoms with van der Waals surface area (Å²) in [6.07, 6.45) is 0. The van der Waals surface area contributed by atoms with E-state index < -0.39 is 15.8 Å². The van der Waals surface area contributed by atoms with Gasteiger partial charge in [0.15, 0.2) is 0 Å². The molecule has 2 aromatic carbocycles. The summed E-state index contributed by atoms with van der Waals surface area (Å²) in [7, 11) is 2.49. The Kier molecular flexibility index (Phi) is 12.7. The van der Waals surface area contributed by atoms with Crippen molar-refractivity contribution < 1.29 is 27.0 Å². The molecule has 0 aliphatic rings. The first-order chi connectivity index (χ1) is 14.5. The van der Waals surface area contributed by atoms with E-state index in [4.69, 9.17) is 5.32 Å². The van der Waals surface area contributed by atoms with Crippen molar-refractivity contribution in [3.8, 4) is 0 Å². The van der Waals surface area contributed by atoms with Gasteiger partial charge < -0.3 is 5.32 Å². The van der Waals surface area contributed by atoms with Crippen LogP contribution in [0, 0.1) is 11.6 Å². The van der Waals surface area contributed by atoms with Crippen molar-refractivity contribution in [1.29, 1.82) is 0 Å². The maximum absolute atomic E-state index is 14.2. The van der Waals surface area contributed by atoms with Gasteiger partial charge in [-0.15, -0.1) is 0 Å². The summed E-state index contributed by atoms with van der Waals surface area (Å²) in [6.45, 7) is 17.7. The third-order valence-corrected chi connectivity index (χ3v) is 12.3. The fourth-order valence-corrected chi connectivity index (χ4v) is 11.0. The van der Waals surface area contributed by atoms with Crippen molar-refractivity contribution in [3.05, 3.63) is 53.3 Å². The zero-order chi connectivity index (χ0) is 23.9. The molecule has 7 heteroatoms. The maximum atomic E-state index is 14.2. The molecule has 0 heterocycles. The van der Waals surface area contributed by atoms with Crippen LogP contribution in [0.25, 0.3) is 5.32 Å². The molecule has 0 N–H and O–H groups in total. The van der Waals surface area contributed by atoms with Gasteiger partial charge in [0.05, 0.1) is 33.2 Å². The van der Waals surface area contributed by atoms with Gasteiger partial charge in [0.1, 0.15) is 11.6 Å². The van der Waals surface area contributed by atoms with Gasteiger partial charge in [-0.1, -0.05) is 23.5 Å². The van der Waals surface area contributed by atoms with Crippen LogP contribution in [0.2, 0.25) is 0 Å². The Morgan fingerprint density at radius 3 is 1.19 bits per heavy atom. The monoisotopic (exact) mass is 579 g/mol. The van der Waals surface area contributed by atoms with Crippen LogP contribution in [0.1, 0.15) is 55.4 Å². The second-order valence-electron chi connectivity index (χ2n) is 8.96. The van der Waals surface area contributed by atoms with E-state index in [-0.39, 0.29) is 11.6 Å². The van der Waals surface area contributed by atoms with Gasteiger partial charge in [0.25, 0.3) is 0 Å². The Bertz CT molecular complexity index is 748. The van der Waals surface area contributed by atoms with E-state index in [0.29, 0.717) is 22.6 Å². The molecular formula is C24H36ClF2NP2Pd+2. The number of benzene rings is 2. The number of hydrogen-bond donors (Lipinski definition) is 0. The van der Waals surface area contributed by atoms with E-state index in [9.17, 15) is 8.78 Å². The molecule has 1 nitrogen and oxygen atoms in total. The second kappa shape index (κ2) is 13.6. The predicted octanol–water partition coefficient (Wildman–Crippen LogP) is 8.30. The normalized spacial score (nSPS) is 11.7. The van der Waals surface area contributed by atoms with Gasteiger partial charge >= 0.3 is 27.7 Å². The number of nitrogens with zero attached hydrogens (tertiary/aromatic N) is 1. The van der Waals surface area contributed by atoms with Crippen molar-refractivity contribution in [3.63, 3.8) is 0 Å². The van der Waals surface area contributed by atoms with Gasteiger partial charge in [0.2, 0.25) is 0 Å². The molecule has 176 valence electrons. The van der Waals surface area contributed by atoms with E-state index in [1.54, 1.807) is 24.3 Å². The molecule has 0 amide bonds. The van der Waals surface area contributed by atoms with E-state index in [1.165, 1.54) is 12.1 Å². The second-order valence-corrected chi connectivity index (χ2v) is 16.5. The van der Waals surface area contributed by atoms with Crippen LogP contribution in [0.15, 0.2) is 36.4 Å². The van der Waals surface area contributed by atoms with Gasteiger partial charge in [-0.25, -0.2) is 8.78 Å². The zero-order valence-corrected chi connectivity index (χ0v) is 24.0. The first-order valence-electron chi connectivity index (χ1n) is 10.7. The van der Waals surface area contributed by atoms with Crippen molar-refractivity contribution in [1.82, 2.24) is 0 Å². The van der Waals surface area contributed by atoms with E-state index in [0.717, 1.165) is 22.0 Å². The summed E-state index contributed by atoms with van der Waals surface area (Å²) in [4.78, 5) is 0. The molecule has 0 aliphatic heterocycles. The third kappa shape index (κ3) is 8.02. The zero-order valence-electron chi connectivity index (χ0n) is 19.7. The van der Waals surface area contributed by atoms with Crippen molar-refractivity contribution in [2.45, 2.75) is 78.0 Å². The molecule has 0 atom stereocenters. The first-order valence-corrected chi connectivity index (χ1v) is 16.0. The molecule has 0 aliphatic carbocycles. The molecule has 0 fully saturated rings. The quantitative estimate of drug-likeness (QED) is 0.220. The molecule has 0 saturated carbocycles. The molecule has 0 bridgehead atoms. The van der Waals surface area contributed by atoms with Crippen LogP contribution in [-0.2, 0) is 18.2 Å². The molecule has 0 aromatic heterocycles. The minimum absolute atomic E-state index is 0.212. The summed E-state index contributed by atoms with van der Waals surface area (Å²) in [5.74, 6) is -0.424. The van der Waals surface area contributed by atoms with E-state index in [2.05, 4.69) is 83.1 Å². The van der Waals surface area contributed by atoms with Gasteiger partial charge in [-0.2, -0.15) is 0 Å². The number of rotatable bonds is 8. The summed E-state index contributed by atoms with van der Waals surface area (Å²) < 4.78 is 28.4. The summed E-state index contributed by atoms with van der Waals surface area (Å²) in [6, 6.07) is 9.92. The SMILES string of the molecule is CC(C)[PH+](c1cc(F)ccc1[N-]c1ccc(F)cc1[PH+](C(C)C)C(C)C)C(C)C.[Cl][Pd+]. The summed E-state index contributed by atoms with van der Waals surface area (Å²) in [5.41, 5.74) is 3.54. The fourth-order valence-electron chi connectivity index (χ4n) is 4.38. The van der Waals surface area contributed by atoms with E-state index >= 15 is 0 Å². The third-order valence-electron chi connectivity index (χ3n) is 5.27. The molecule has 0 unspecified atom stereocenters. The number of halogens is 3. The Labute approximate surface area is 205 Å². The molecule has 31 heavy (non-hydrogen) atoms. The summed E-state index contributed by atoms with van der Waals surface area (Å²) >= 11 is 2.22. The van der Waals surface area contributed by atoms with Crippen molar-refractivity contribution in [2.24, 2.45) is 0 Å². The molecule has 2 aromatic rings. The average Bonchev–Trinajstić information content (AvgIpc) is 2.66. The first kappa shape index (κ1) is 28.9. The van der Waals surface area contributed by atoms with Crippen molar-refractivity contribution in [2.75, 3.05) is 0 Å². The van der Waals surface area contributed by atoms with Crippen LogP contribution in [0.5, 0.6) is 0 Å². The van der Waals surface area contributed by atoms with Crippen LogP contribution in [0.4, 0.5) is 20.2 Å². The Morgan fingerprint density at radius 2 is 0.935 bits per heavy atom. The van der Waals surface area contributed by atoms with E-state index in [1.807, 2.05) is 0 Å². The van der Waals surface area contributed by atoms with Crippen LogP contribution < -0.4 is 10.6 Å². The Hall–Kier alpha value is -0.0877. The van der Waals surface area contributed by atoms with Crippen LogP contribution >= 0.6 is 25.4 Å².